The van der Waals surface area contributed by atoms with Gasteiger partial charge in [-0.3, -0.25) is 0 Å². The van der Waals surface area contributed by atoms with Crippen LogP contribution in [0.25, 0.3) is 0 Å². The molecule has 96 valence electrons. The van der Waals surface area contributed by atoms with Gasteiger partial charge in [0.1, 0.15) is 5.82 Å². The maximum Gasteiger partial charge on any atom is 0.141 e. The Labute approximate surface area is 111 Å². The van der Waals surface area contributed by atoms with E-state index in [0.29, 0.717) is 18.4 Å². The SMILES string of the molecule is N#CC1(C(O)c2ccc(F)c(Cl)c2)CCCCC1. The third kappa shape index (κ3) is 2.36. The molecule has 1 aromatic carbocycles. The second-order valence-electron chi connectivity index (χ2n) is 4.90. The summed E-state index contributed by atoms with van der Waals surface area (Å²) in [4.78, 5) is 0. The summed E-state index contributed by atoms with van der Waals surface area (Å²) in [5.41, 5.74) is -0.232. The molecule has 1 aromatic rings. The summed E-state index contributed by atoms with van der Waals surface area (Å²) in [5, 5.41) is 19.8. The number of aliphatic hydroxyl groups excluding tert-OH is 1. The van der Waals surface area contributed by atoms with Crippen LogP contribution in [0.2, 0.25) is 5.02 Å². The van der Waals surface area contributed by atoms with E-state index in [9.17, 15) is 14.8 Å². The second-order valence-corrected chi connectivity index (χ2v) is 5.31. The summed E-state index contributed by atoms with van der Waals surface area (Å²) < 4.78 is 13.1. The lowest BCUT2D eigenvalue weighted by atomic mass is 9.69. The average Bonchev–Trinajstić information content (AvgIpc) is 2.42. The molecule has 2 nitrogen and oxygen atoms in total. The second kappa shape index (κ2) is 5.26. The molecule has 2 rings (SSSR count). The summed E-state index contributed by atoms with van der Waals surface area (Å²) in [5.74, 6) is -0.512. The summed E-state index contributed by atoms with van der Waals surface area (Å²) in [6, 6.07) is 6.41. The van der Waals surface area contributed by atoms with Crippen molar-refractivity contribution in [1.29, 1.82) is 5.26 Å². The largest absolute Gasteiger partial charge is 0.387 e. The summed E-state index contributed by atoms with van der Waals surface area (Å²) in [6.45, 7) is 0. The Morgan fingerprint density at radius 3 is 2.56 bits per heavy atom. The lowest BCUT2D eigenvalue weighted by Gasteiger charge is -2.35. The maximum atomic E-state index is 13.1. The number of benzene rings is 1. The third-order valence-electron chi connectivity index (χ3n) is 3.75. The van der Waals surface area contributed by atoms with Crippen molar-refractivity contribution in [2.45, 2.75) is 38.2 Å². The average molecular weight is 268 g/mol. The zero-order chi connectivity index (χ0) is 13.2. The van der Waals surface area contributed by atoms with E-state index in [4.69, 9.17) is 11.6 Å². The normalized spacial score (nSPS) is 20.1. The molecular weight excluding hydrogens is 253 g/mol. The first-order chi connectivity index (χ1) is 8.59. The van der Waals surface area contributed by atoms with Crippen molar-refractivity contribution in [3.05, 3.63) is 34.6 Å². The summed E-state index contributed by atoms with van der Waals surface area (Å²) in [6.07, 6.45) is 3.44. The summed E-state index contributed by atoms with van der Waals surface area (Å²) in [7, 11) is 0. The van der Waals surface area contributed by atoms with Gasteiger partial charge in [0.2, 0.25) is 0 Å². The molecule has 1 unspecified atom stereocenters. The Kier molecular flexibility index (Phi) is 3.89. The van der Waals surface area contributed by atoms with E-state index in [1.807, 2.05) is 0 Å². The molecule has 1 saturated carbocycles. The van der Waals surface area contributed by atoms with Gasteiger partial charge in [0.05, 0.1) is 22.6 Å². The van der Waals surface area contributed by atoms with Gasteiger partial charge in [-0.25, -0.2) is 4.39 Å². The molecule has 0 radical (unpaired) electrons. The number of nitrogens with zero attached hydrogens (tertiary/aromatic N) is 1. The van der Waals surface area contributed by atoms with Gasteiger partial charge in [-0.15, -0.1) is 0 Å². The van der Waals surface area contributed by atoms with Gasteiger partial charge in [0.15, 0.2) is 0 Å². The molecule has 0 bridgehead atoms. The number of nitriles is 1. The van der Waals surface area contributed by atoms with E-state index < -0.39 is 17.3 Å². The minimum absolute atomic E-state index is 0.0181. The molecule has 0 heterocycles. The van der Waals surface area contributed by atoms with E-state index >= 15 is 0 Å². The highest BCUT2D eigenvalue weighted by atomic mass is 35.5. The number of rotatable bonds is 2. The Hall–Kier alpha value is -1.11. The van der Waals surface area contributed by atoms with Gasteiger partial charge in [-0.2, -0.15) is 5.26 Å². The Morgan fingerprint density at radius 2 is 2.00 bits per heavy atom. The highest BCUT2D eigenvalue weighted by Crippen LogP contribution is 2.45. The molecule has 1 aliphatic rings. The number of aliphatic hydroxyl groups is 1. The fourth-order valence-corrected chi connectivity index (χ4v) is 2.82. The highest BCUT2D eigenvalue weighted by Gasteiger charge is 2.40. The minimum Gasteiger partial charge on any atom is -0.387 e. The maximum absolute atomic E-state index is 13.1. The van der Waals surface area contributed by atoms with Crippen molar-refractivity contribution < 1.29 is 9.50 Å². The fourth-order valence-electron chi connectivity index (χ4n) is 2.63. The van der Waals surface area contributed by atoms with Crippen molar-refractivity contribution in [3.63, 3.8) is 0 Å². The highest BCUT2D eigenvalue weighted by molar-refractivity contribution is 6.30. The molecule has 0 amide bonds. The van der Waals surface area contributed by atoms with Crippen molar-refractivity contribution in [2.24, 2.45) is 5.41 Å². The molecule has 0 saturated heterocycles. The van der Waals surface area contributed by atoms with Gasteiger partial charge in [-0.05, 0) is 30.5 Å². The van der Waals surface area contributed by atoms with Crippen LogP contribution in [0.1, 0.15) is 43.8 Å². The van der Waals surface area contributed by atoms with Gasteiger partial charge >= 0.3 is 0 Å². The first-order valence-electron chi connectivity index (χ1n) is 6.13. The smallest absolute Gasteiger partial charge is 0.141 e. The van der Waals surface area contributed by atoms with Crippen molar-refractivity contribution in [1.82, 2.24) is 0 Å². The van der Waals surface area contributed by atoms with Crippen LogP contribution in [0.5, 0.6) is 0 Å². The van der Waals surface area contributed by atoms with Crippen LogP contribution in [0.3, 0.4) is 0 Å². The predicted molar refractivity (Wildman–Crippen MR) is 67.5 cm³/mol. The molecular formula is C14H15ClFNO. The summed E-state index contributed by atoms with van der Waals surface area (Å²) >= 11 is 5.72. The zero-order valence-electron chi connectivity index (χ0n) is 10.00. The van der Waals surface area contributed by atoms with Crippen LogP contribution < -0.4 is 0 Å². The van der Waals surface area contributed by atoms with E-state index in [-0.39, 0.29) is 5.02 Å². The Balaban J connectivity index is 2.31. The topological polar surface area (TPSA) is 44.0 Å². The molecule has 1 atom stereocenters. The molecule has 0 aromatic heterocycles. The lowest BCUT2D eigenvalue weighted by molar-refractivity contribution is 0.0359. The van der Waals surface area contributed by atoms with Gasteiger partial charge in [0.25, 0.3) is 0 Å². The number of halogens is 2. The van der Waals surface area contributed by atoms with Crippen molar-refractivity contribution in [3.8, 4) is 6.07 Å². The number of hydrogen-bond acceptors (Lipinski definition) is 2. The van der Waals surface area contributed by atoms with Crippen molar-refractivity contribution in [2.75, 3.05) is 0 Å². The van der Waals surface area contributed by atoms with Gasteiger partial charge < -0.3 is 5.11 Å². The predicted octanol–water partition coefficient (Wildman–Crippen LogP) is 3.99. The monoisotopic (exact) mass is 267 g/mol. The molecule has 4 heteroatoms. The Bertz CT molecular complexity index is 477. The first kappa shape index (κ1) is 13.3. The van der Waals surface area contributed by atoms with E-state index in [2.05, 4.69) is 6.07 Å². The van der Waals surface area contributed by atoms with Gasteiger partial charge in [-0.1, -0.05) is 36.9 Å². The van der Waals surface area contributed by atoms with E-state index in [1.165, 1.54) is 18.2 Å². The fraction of sp³-hybridized carbons (Fsp3) is 0.500. The first-order valence-corrected chi connectivity index (χ1v) is 6.51. The molecule has 18 heavy (non-hydrogen) atoms. The van der Waals surface area contributed by atoms with Crippen molar-refractivity contribution >= 4 is 11.6 Å². The van der Waals surface area contributed by atoms with Crippen LogP contribution >= 0.6 is 11.6 Å². The van der Waals surface area contributed by atoms with Crippen LogP contribution in [-0.2, 0) is 0 Å². The van der Waals surface area contributed by atoms with E-state index in [0.717, 1.165) is 19.3 Å². The molecule has 1 fully saturated rings. The van der Waals surface area contributed by atoms with Crippen LogP contribution in [0, 0.1) is 22.6 Å². The van der Waals surface area contributed by atoms with Crippen LogP contribution in [0.15, 0.2) is 18.2 Å². The van der Waals surface area contributed by atoms with E-state index in [1.54, 1.807) is 0 Å². The van der Waals surface area contributed by atoms with Gasteiger partial charge in [0, 0.05) is 0 Å². The lowest BCUT2D eigenvalue weighted by Crippen LogP contribution is -2.30. The number of hydrogen-bond donors (Lipinski definition) is 1. The molecule has 0 spiro atoms. The zero-order valence-corrected chi connectivity index (χ0v) is 10.8. The molecule has 1 aliphatic carbocycles. The Morgan fingerprint density at radius 1 is 1.33 bits per heavy atom. The van der Waals surface area contributed by atoms with Crippen LogP contribution in [0.4, 0.5) is 4.39 Å². The minimum atomic E-state index is -0.902. The molecule has 1 N–H and O–H groups in total. The standard InChI is InChI=1S/C14H15ClFNO/c15-11-8-10(4-5-12(11)16)13(18)14(9-17)6-2-1-3-7-14/h4-5,8,13,18H,1-3,6-7H2. The molecule has 0 aliphatic heterocycles. The van der Waals surface area contributed by atoms with Crippen LogP contribution in [-0.4, -0.2) is 5.11 Å². The quantitative estimate of drug-likeness (QED) is 0.881. The third-order valence-corrected chi connectivity index (χ3v) is 4.04.